The first-order chi connectivity index (χ1) is 7.63. The fourth-order valence-electron chi connectivity index (χ4n) is 1.40. The van der Waals surface area contributed by atoms with Crippen molar-refractivity contribution in [2.45, 2.75) is 18.8 Å². The van der Waals surface area contributed by atoms with Crippen LogP contribution in [-0.2, 0) is 6.61 Å². The van der Waals surface area contributed by atoms with Crippen LogP contribution < -0.4 is 4.74 Å². The first kappa shape index (κ1) is 13.3. The molecule has 0 spiro atoms. The molecule has 1 aromatic rings. The molecule has 0 saturated heterocycles. The Morgan fingerprint density at radius 3 is 2.56 bits per heavy atom. The summed E-state index contributed by atoms with van der Waals surface area (Å²) < 4.78 is 5.07. The largest absolute Gasteiger partial charge is 0.496 e. The van der Waals surface area contributed by atoms with Gasteiger partial charge in [0.05, 0.1) is 19.8 Å². The summed E-state index contributed by atoms with van der Waals surface area (Å²) in [6.45, 7) is -0.130. The minimum Gasteiger partial charge on any atom is -0.496 e. The van der Waals surface area contributed by atoms with Crippen molar-refractivity contribution in [1.82, 2.24) is 0 Å². The number of hydrogen-bond acceptors (Lipinski definition) is 5. The van der Waals surface area contributed by atoms with Gasteiger partial charge in [-0.1, -0.05) is 12.1 Å². The van der Waals surface area contributed by atoms with Crippen LogP contribution in [0.25, 0.3) is 0 Å². The third-order valence-corrected chi connectivity index (χ3v) is 2.75. The Labute approximate surface area is 99.9 Å². The number of hydrogen-bond donors (Lipinski definition) is 4. The van der Waals surface area contributed by atoms with E-state index >= 15 is 0 Å². The molecule has 2 unspecified atom stereocenters. The van der Waals surface area contributed by atoms with Crippen molar-refractivity contribution in [2.75, 3.05) is 12.9 Å². The van der Waals surface area contributed by atoms with Crippen molar-refractivity contribution >= 4 is 12.6 Å². The Balaban J connectivity index is 2.98. The van der Waals surface area contributed by atoms with Gasteiger partial charge in [-0.05, 0) is 11.6 Å². The van der Waals surface area contributed by atoms with Crippen LogP contribution in [0.1, 0.15) is 17.2 Å². The van der Waals surface area contributed by atoms with E-state index in [0.29, 0.717) is 16.9 Å². The Bertz CT molecular complexity index is 343. The van der Waals surface area contributed by atoms with Crippen LogP contribution in [0.3, 0.4) is 0 Å². The predicted octanol–water partition coefficient (Wildman–Crippen LogP) is 0.512. The van der Waals surface area contributed by atoms with E-state index in [2.05, 4.69) is 12.6 Å². The molecule has 0 heterocycles. The lowest BCUT2D eigenvalue weighted by atomic mass is 10.0. The molecule has 0 aliphatic carbocycles. The second-order valence-electron chi connectivity index (χ2n) is 3.42. The average molecular weight is 244 g/mol. The number of aliphatic hydroxyl groups is 3. The Kier molecular flexibility index (Phi) is 5.08. The minimum atomic E-state index is -1.00. The zero-order valence-electron chi connectivity index (χ0n) is 9.00. The van der Waals surface area contributed by atoms with Crippen molar-refractivity contribution in [3.8, 4) is 5.75 Å². The third kappa shape index (κ3) is 2.89. The van der Waals surface area contributed by atoms with Crippen molar-refractivity contribution in [3.63, 3.8) is 0 Å². The summed E-state index contributed by atoms with van der Waals surface area (Å²) in [6.07, 6.45) is -1.92. The molecule has 0 amide bonds. The zero-order chi connectivity index (χ0) is 12.1. The Morgan fingerprint density at radius 2 is 2.06 bits per heavy atom. The maximum Gasteiger partial charge on any atom is 0.124 e. The molecule has 3 N–H and O–H groups in total. The lowest BCUT2D eigenvalue weighted by Crippen LogP contribution is -2.19. The number of ether oxygens (including phenoxy) is 1. The second-order valence-corrected chi connectivity index (χ2v) is 3.79. The SMILES string of the molecule is COc1cc(C(O)C(O)CS)ccc1CO. The fraction of sp³-hybridized carbons (Fsp3) is 0.455. The highest BCUT2D eigenvalue weighted by atomic mass is 32.1. The van der Waals surface area contributed by atoms with Crippen molar-refractivity contribution in [1.29, 1.82) is 0 Å². The molecule has 0 radical (unpaired) electrons. The molecule has 2 atom stereocenters. The first-order valence-corrected chi connectivity index (χ1v) is 5.52. The topological polar surface area (TPSA) is 69.9 Å². The molecule has 5 heteroatoms. The number of aliphatic hydroxyl groups excluding tert-OH is 3. The van der Waals surface area contributed by atoms with Gasteiger partial charge < -0.3 is 20.1 Å². The van der Waals surface area contributed by atoms with E-state index in [-0.39, 0.29) is 12.4 Å². The molecule has 0 saturated carbocycles. The van der Waals surface area contributed by atoms with Crippen LogP contribution >= 0.6 is 12.6 Å². The van der Waals surface area contributed by atoms with Gasteiger partial charge in [0.15, 0.2) is 0 Å². The van der Waals surface area contributed by atoms with Gasteiger partial charge in [-0.25, -0.2) is 0 Å². The van der Waals surface area contributed by atoms with E-state index in [1.54, 1.807) is 18.2 Å². The van der Waals surface area contributed by atoms with Crippen molar-refractivity contribution in [2.24, 2.45) is 0 Å². The summed E-state index contributed by atoms with van der Waals surface area (Å²) in [4.78, 5) is 0. The van der Waals surface area contributed by atoms with Crippen LogP contribution in [0.5, 0.6) is 5.75 Å². The highest BCUT2D eigenvalue weighted by Gasteiger charge is 2.18. The summed E-state index contributed by atoms with van der Waals surface area (Å²) in [6, 6.07) is 4.90. The van der Waals surface area contributed by atoms with Gasteiger partial charge in [-0.3, -0.25) is 0 Å². The maximum atomic E-state index is 9.76. The van der Waals surface area contributed by atoms with Gasteiger partial charge in [0, 0.05) is 11.3 Å². The quantitative estimate of drug-likeness (QED) is 0.570. The van der Waals surface area contributed by atoms with E-state index in [0.717, 1.165) is 0 Å². The number of rotatable bonds is 5. The van der Waals surface area contributed by atoms with E-state index in [9.17, 15) is 10.2 Å². The molecular formula is C11H16O4S. The van der Waals surface area contributed by atoms with E-state index < -0.39 is 12.2 Å². The standard InChI is InChI=1S/C11H16O4S/c1-15-10-4-7(2-3-8(10)5-12)11(14)9(13)6-16/h2-4,9,11-14,16H,5-6H2,1H3. The molecule has 0 aliphatic heterocycles. The molecule has 90 valence electrons. The van der Waals surface area contributed by atoms with Crippen LogP contribution in [0.4, 0.5) is 0 Å². The highest BCUT2D eigenvalue weighted by molar-refractivity contribution is 7.80. The van der Waals surface area contributed by atoms with Crippen molar-refractivity contribution < 1.29 is 20.1 Å². The summed E-state index contributed by atoms with van der Waals surface area (Å²) in [5.41, 5.74) is 1.18. The number of benzene rings is 1. The van der Waals surface area contributed by atoms with Gasteiger partial charge in [0.25, 0.3) is 0 Å². The van der Waals surface area contributed by atoms with E-state index in [1.807, 2.05) is 0 Å². The molecule has 0 aromatic heterocycles. The Morgan fingerprint density at radius 1 is 1.38 bits per heavy atom. The van der Waals surface area contributed by atoms with Crippen LogP contribution in [0, 0.1) is 0 Å². The summed E-state index contributed by atoms with van der Waals surface area (Å²) in [7, 11) is 1.49. The molecule has 1 aromatic carbocycles. The van der Waals surface area contributed by atoms with Gasteiger partial charge in [-0.15, -0.1) is 0 Å². The lowest BCUT2D eigenvalue weighted by molar-refractivity contribution is 0.0336. The molecule has 0 fully saturated rings. The lowest BCUT2D eigenvalue weighted by Gasteiger charge is -2.17. The first-order valence-electron chi connectivity index (χ1n) is 4.88. The van der Waals surface area contributed by atoms with Crippen LogP contribution in [0.15, 0.2) is 18.2 Å². The van der Waals surface area contributed by atoms with Gasteiger partial charge in [-0.2, -0.15) is 12.6 Å². The summed E-state index contributed by atoms with van der Waals surface area (Å²) >= 11 is 3.91. The highest BCUT2D eigenvalue weighted by Crippen LogP contribution is 2.25. The van der Waals surface area contributed by atoms with Gasteiger partial charge >= 0.3 is 0 Å². The fourth-order valence-corrected chi connectivity index (χ4v) is 1.60. The third-order valence-electron chi connectivity index (χ3n) is 2.37. The normalized spacial score (nSPS) is 14.6. The predicted molar refractivity (Wildman–Crippen MR) is 63.7 cm³/mol. The molecule has 0 aliphatic rings. The second kappa shape index (κ2) is 6.10. The molecule has 4 nitrogen and oxygen atoms in total. The van der Waals surface area contributed by atoms with Crippen LogP contribution in [-0.4, -0.2) is 34.3 Å². The summed E-state index contributed by atoms with van der Waals surface area (Å²) in [5, 5.41) is 28.2. The zero-order valence-corrected chi connectivity index (χ0v) is 9.89. The van der Waals surface area contributed by atoms with Gasteiger partial charge in [0.1, 0.15) is 11.9 Å². The van der Waals surface area contributed by atoms with Crippen LogP contribution in [0.2, 0.25) is 0 Å². The van der Waals surface area contributed by atoms with E-state index in [4.69, 9.17) is 9.84 Å². The molecule has 0 bridgehead atoms. The maximum absolute atomic E-state index is 9.76. The molecule has 1 rings (SSSR count). The van der Waals surface area contributed by atoms with E-state index in [1.165, 1.54) is 7.11 Å². The number of methoxy groups -OCH3 is 1. The van der Waals surface area contributed by atoms with Gasteiger partial charge in [0.2, 0.25) is 0 Å². The molecule has 16 heavy (non-hydrogen) atoms. The number of thiol groups is 1. The average Bonchev–Trinajstić information content (AvgIpc) is 2.35. The van der Waals surface area contributed by atoms with Crippen molar-refractivity contribution in [3.05, 3.63) is 29.3 Å². The smallest absolute Gasteiger partial charge is 0.124 e. The monoisotopic (exact) mass is 244 g/mol. The summed E-state index contributed by atoms with van der Waals surface area (Å²) in [5.74, 6) is 0.663. The molecular weight excluding hydrogens is 228 g/mol. The minimum absolute atomic E-state index is 0.130. The Hall–Kier alpha value is -0.750.